The van der Waals surface area contributed by atoms with Crippen molar-refractivity contribution < 1.29 is 24.0 Å². The monoisotopic (exact) mass is 567 g/mol. The van der Waals surface area contributed by atoms with Crippen molar-refractivity contribution in [2.75, 3.05) is 18.9 Å². The smallest absolute Gasteiger partial charge is 0.287 e. The van der Waals surface area contributed by atoms with E-state index in [0.29, 0.717) is 23.8 Å². The van der Waals surface area contributed by atoms with Crippen molar-refractivity contribution in [3.8, 4) is 0 Å². The van der Waals surface area contributed by atoms with Crippen LogP contribution in [-0.4, -0.2) is 63.6 Å². The number of aromatic amines is 1. The maximum Gasteiger partial charge on any atom is 0.287 e. The molecule has 4 amide bonds. The van der Waals surface area contributed by atoms with Crippen molar-refractivity contribution in [1.82, 2.24) is 30.5 Å². The van der Waals surface area contributed by atoms with Crippen LogP contribution >= 0.6 is 0 Å². The highest BCUT2D eigenvalue weighted by Gasteiger charge is 2.53. The molecule has 2 aromatic heterocycles. The maximum absolute atomic E-state index is 13.1. The van der Waals surface area contributed by atoms with Crippen molar-refractivity contribution >= 4 is 35.1 Å². The van der Waals surface area contributed by atoms with Gasteiger partial charge in [0.1, 0.15) is 24.0 Å². The van der Waals surface area contributed by atoms with E-state index in [1.807, 2.05) is 0 Å². The van der Waals surface area contributed by atoms with Gasteiger partial charge in [0.2, 0.25) is 17.6 Å². The van der Waals surface area contributed by atoms with Crippen molar-refractivity contribution in [1.29, 1.82) is 0 Å². The Labute approximate surface area is 237 Å². The molecule has 2 heterocycles. The molecular formula is C28H37N7O6. The molecular weight excluding hydrogens is 530 g/mol. The van der Waals surface area contributed by atoms with Gasteiger partial charge in [-0.25, -0.2) is 4.98 Å². The van der Waals surface area contributed by atoms with Gasteiger partial charge in [-0.1, -0.05) is 13.8 Å². The number of likely N-dealkylation sites (N-methyl/N-ethyl adjacent to an activating group) is 1. The molecule has 4 atom stereocenters. The number of nitrogens with zero attached hydrogens (tertiary/aromatic N) is 2. The summed E-state index contributed by atoms with van der Waals surface area (Å²) in [6.07, 6.45) is 6.97. The first-order valence-corrected chi connectivity index (χ1v) is 13.8. The number of aromatic nitrogens is 3. The summed E-state index contributed by atoms with van der Waals surface area (Å²) in [5, 5.41) is 10.2. The number of hydrogen-bond donors (Lipinski definition) is 5. The summed E-state index contributed by atoms with van der Waals surface area (Å²) in [6.45, 7) is 4.95. The van der Waals surface area contributed by atoms with Gasteiger partial charge in [-0.2, -0.15) is 0 Å². The summed E-state index contributed by atoms with van der Waals surface area (Å²) < 4.78 is 1.20. The quantitative estimate of drug-likeness (QED) is 0.232. The van der Waals surface area contributed by atoms with E-state index in [0.717, 1.165) is 12.3 Å². The molecule has 2 aromatic rings. The molecule has 0 aliphatic heterocycles. The average Bonchev–Trinajstić information content (AvgIpc) is 3.51. The highest BCUT2D eigenvalue weighted by molar-refractivity contribution is 6.36. The number of Topliss-reactive ketones (excluding diaryl/α,β-unsaturated/α-hetero) is 1. The van der Waals surface area contributed by atoms with Gasteiger partial charge < -0.3 is 30.8 Å². The van der Waals surface area contributed by atoms with E-state index in [-0.39, 0.29) is 36.7 Å². The molecule has 41 heavy (non-hydrogen) atoms. The second-order valence-corrected chi connectivity index (χ2v) is 11.4. The summed E-state index contributed by atoms with van der Waals surface area (Å²) >= 11 is 0. The molecule has 13 heteroatoms. The maximum atomic E-state index is 13.1. The SMILES string of the molecule is CNC(=O)C(=O)CC[C@H](NC(=O)c1cnc[nH]1)C(=O)Nc1cccn(CC(=O)NC[C@@H]2CC[C@@H]3C[C@H]2C3(C)C)c1=O. The Kier molecular flexibility index (Phi) is 9.04. The zero-order chi connectivity index (χ0) is 29.7. The first-order valence-electron chi connectivity index (χ1n) is 13.8. The molecule has 0 radical (unpaired) electrons. The van der Waals surface area contributed by atoms with Crippen LogP contribution in [0.1, 0.15) is 56.4 Å². The van der Waals surface area contributed by atoms with Crippen molar-refractivity contribution in [3.63, 3.8) is 0 Å². The van der Waals surface area contributed by atoms with Gasteiger partial charge >= 0.3 is 0 Å². The summed E-state index contributed by atoms with van der Waals surface area (Å²) in [5.41, 5.74) is -0.305. The van der Waals surface area contributed by atoms with E-state index in [1.165, 1.54) is 55.3 Å². The van der Waals surface area contributed by atoms with Crippen LogP contribution in [0.25, 0.3) is 0 Å². The molecule has 13 nitrogen and oxygen atoms in total. The number of imidazole rings is 1. The predicted molar refractivity (Wildman–Crippen MR) is 149 cm³/mol. The van der Waals surface area contributed by atoms with Gasteiger partial charge in [-0.3, -0.25) is 28.8 Å². The van der Waals surface area contributed by atoms with Crippen LogP contribution in [0.15, 0.2) is 35.6 Å². The van der Waals surface area contributed by atoms with Gasteiger partial charge in [0.15, 0.2) is 0 Å². The van der Waals surface area contributed by atoms with Crippen molar-refractivity contribution in [2.24, 2.45) is 23.2 Å². The first kappa shape index (κ1) is 29.7. The zero-order valence-electron chi connectivity index (χ0n) is 23.5. The molecule has 220 valence electrons. The highest BCUT2D eigenvalue weighted by atomic mass is 16.2. The Balaban J connectivity index is 1.38. The Morgan fingerprint density at radius 3 is 2.63 bits per heavy atom. The Morgan fingerprint density at radius 1 is 1.20 bits per heavy atom. The van der Waals surface area contributed by atoms with Crippen LogP contribution in [0.5, 0.6) is 0 Å². The number of fused-ring (bicyclic) bond motifs is 2. The van der Waals surface area contributed by atoms with Crippen LogP contribution in [0, 0.1) is 23.2 Å². The molecule has 3 aliphatic rings. The lowest BCUT2D eigenvalue weighted by molar-refractivity contribution is -0.137. The van der Waals surface area contributed by atoms with Crippen molar-refractivity contribution in [2.45, 2.75) is 58.5 Å². The Bertz CT molecular complexity index is 1360. The van der Waals surface area contributed by atoms with E-state index >= 15 is 0 Å². The molecule has 3 aliphatic carbocycles. The Morgan fingerprint density at radius 2 is 1.98 bits per heavy atom. The minimum Gasteiger partial charge on any atom is -0.354 e. The number of pyridine rings is 1. The van der Waals surface area contributed by atoms with E-state index in [2.05, 4.69) is 45.1 Å². The molecule has 5 N–H and O–H groups in total. The number of anilines is 1. The fourth-order valence-electron chi connectivity index (χ4n) is 6.05. The van der Waals surface area contributed by atoms with E-state index < -0.39 is 35.1 Å². The second-order valence-electron chi connectivity index (χ2n) is 11.4. The lowest BCUT2D eigenvalue weighted by atomic mass is 9.45. The molecule has 0 spiro atoms. The van der Waals surface area contributed by atoms with Gasteiger partial charge in [0.05, 0.1) is 12.5 Å². The topological polar surface area (TPSA) is 184 Å². The average molecular weight is 568 g/mol. The first-order chi connectivity index (χ1) is 19.5. The minimum absolute atomic E-state index is 0.0856. The number of ketones is 1. The molecule has 3 fully saturated rings. The normalized spacial score (nSPS) is 21.1. The van der Waals surface area contributed by atoms with Gasteiger partial charge in [0.25, 0.3) is 17.4 Å². The number of amides is 4. The molecule has 3 saturated carbocycles. The number of carbonyl (C=O) groups is 5. The van der Waals surface area contributed by atoms with Gasteiger partial charge in [-0.15, -0.1) is 0 Å². The fraction of sp³-hybridized carbons (Fsp3) is 0.536. The highest BCUT2D eigenvalue weighted by Crippen LogP contribution is 2.61. The van der Waals surface area contributed by atoms with E-state index in [4.69, 9.17) is 0 Å². The van der Waals surface area contributed by atoms with E-state index in [1.54, 1.807) is 0 Å². The van der Waals surface area contributed by atoms with Crippen LogP contribution in [0.2, 0.25) is 0 Å². The summed E-state index contributed by atoms with van der Waals surface area (Å²) in [6, 6.07) is 1.66. The third-order valence-corrected chi connectivity index (χ3v) is 8.66. The molecule has 2 bridgehead atoms. The number of carbonyl (C=O) groups excluding carboxylic acids is 5. The van der Waals surface area contributed by atoms with Crippen LogP contribution in [0.3, 0.4) is 0 Å². The third-order valence-electron chi connectivity index (χ3n) is 8.66. The fourth-order valence-corrected chi connectivity index (χ4v) is 6.05. The Hall–Kier alpha value is -4.29. The van der Waals surface area contributed by atoms with Gasteiger partial charge in [0, 0.05) is 26.2 Å². The summed E-state index contributed by atoms with van der Waals surface area (Å²) in [7, 11) is 1.31. The predicted octanol–water partition coefficient (Wildman–Crippen LogP) is 0.592. The third kappa shape index (κ3) is 6.72. The van der Waals surface area contributed by atoms with Gasteiger partial charge in [-0.05, 0) is 61.0 Å². The summed E-state index contributed by atoms with van der Waals surface area (Å²) in [5.74, 6) is -1.52. The number of H-pyrrole nitrogens is 1. The van der Waals surface area contributed by atoms with Crippen LogP contribution < -0.4 is 26.8 Å². The zero-order valence-corrected chi connectivity index (χ0v) is 23.5. The second kappa shape index (κ2) is 12.5. The summed E-state index contributed by atoms with van der Waals surface area (Å²) in [4.78, 5) is 81.5. The molecule has 0 saturated heterocycles. The van der Waals surface area contributed by atoms with Crippen molar-refractivity contribution in [3.05, 3.63) is 46.9 Å². The lowest BCUT2D eigenvalue weighted by Gasteiger charge is -2.60. The van der Waals surface area contributed by atoms with E-state index in [9.17, 15) is 28.8 Å². The molecule has 0 aromatic carbocycles. The van der Waals surface area contributed by atoms with Crippen LogP contribution in [-0.2, 0) is 25.7 Å². The number of rotatable bonds is 12. The number of hydrogen-bond acceptors (Lipinski definition) is 7. The lowest BCUT2D eigenvalue weighted by Crippen LogP contribution is -2.54. The minimum atomic E-state index is -1.25. The molecule has 0 unspecified atom stereocenters. The molecule has 5 rings (SSSR count). The van der Waals surface area contributed by atoms with Crippen LogP contribution in [0.4, 0.5) is 5.69 Å². The standard InChI is InChI=1S/C28H37N7O6/c1-28(2)17-7-6-16(18(28)11-17)12-31-23(37)14-35-10-4-5-20(27(35)41)34-24(38)19(8-9-22(36)26(40)29-3)33-25(39)21-13-30-15-32-21/h4-5,10,13,15-19H,6-9,11-12,14H2,1-3H3,(H,29,40)(H,30,32)(H,31,37)(H,33,39)(H,34,38)/t16-,17+,18+,19-/m0/s1. The largest absolute Gasteiger partial charge is 0.354 e. The number of nitrogens with one attached hydrogen (secondary N) is 5.